The molecule has 4 heteroatoms. The summed E-state index contributed by atoms with van der Waals surface area (Å²) < 4.78 is 18.2. The molecule has 0 fully saturated rings. The van der Waals surface area contributed by atoms with Crippen molar-refractivity contribution >= 4 is 0 Å². The van der Waals surface area contributed by atoms with Crippen LogP contribution in [-0.4, -0.2) is 54.9 Å². The van der Waals surface area contributed by atoms with Crippen LogP contribution in [0.5, 0.6) is 0 Å². The van der Waals surface area contributed by atoms with E-state index in [9.17, 15) is 0 Å². The molecule has 0 aliphatic carbocycles. The Hall–Kier alpha value is -0.160. The van der Waals surface area contributed by atoms with Gasteiger partial charge in [0.15, 0.2) is 0 Å². The van der Waals surface area contributed by atoms with E-state index in [2.05, 4.69) is 46.6 Å². The summed E-state index contributed by atoms with van der Waals surface area (Å²) in [5, 5.41) is 0. The van der Waals surface area contributed by atoms with Crippen LogP contribution >= 0.6 is 0 Å². The number of rotatable bonds is 4. The molecular weight excluding hydrogens is 340 g/mol. The average Bonchev–Trinajstić information content (AvgIpc) is 2.56. The van der Waals surface area contributed by atoms with Gasteiger partial charge in [-0.2, -0.15) is 0 Å². The van der Waals surface area contributed by atoms with Crippen molar-refractivity contribution in [1.29, 1.82) is 0 Å². The van der Waals surface area contributed by atoms with Gasteiger partial charge in [0.1, 0.15) is 0 Å². The van der Waals surface area contributed by atoms with Crippen LogP contribution in [0.15, 0.2) is 0 Å². The van der Waals surface area contributed by atoms with Gasteiger partial charge >= 0.3 is 0 Å². The Morgan fingerprint density at radius 1 is 0.333 bits per heavy atom. The van der Waals surface area contributed by atoms with Gasteiger partial charge in [0, 0.05) is 54.9 Å². The highest BCUT2D eigenvalue weighted by Crippen LogP contribution is 1.56. The van der Waals surface area contributed by atoms with Crippen molar-refractivity contribution in [2.75, 3.05) is 54.9 Å². The molecule has 0 rings (SSSR count). The van der Waals surface area contributed by atoms with Gasteiger partial charge in [-0.3, -0.25) is 0 Å². The number of methoxy groups -OCH3 is 4. The third-order valence-electron chi connectivity index (χ3n) is 1.15. The summed E-state index contributed by atoms with van der Waals surface area (Å²) in [4.78, 5) is 0. The van der Waals surface area contributed by atoms with E-state index in [1.165, 1.54) is 12.8 Å². The normalized spacial score (nSPS) is 5.78. The highest BCUT2D eigenvalue weighted by molar-refractivity contribution is 3.96. The first kappa shape index (κ1) is 71.4. The lowest BCUT2D eigenvalue weighted by Crippen LogP contribution is -1.73. The molecule has 0 aromatic carbocycles. The highest BCUT2D eigenvalue weighted by Gasteiger charge is 1.52. The molecule has 0 saturated carbocycles. The standard InChI is InChI=1S/4C3H8O.2C3H8.5CH4/c4*1-3-4-2;2*1-3-2;;;;;/h4*3H2,1-2H3;2*3H2,1-2H3;5*1H4. The maximum atomic E-state index is 4.54. The minimum atomic E-state index is 0. The topological polar surface area (TPSA) is 36.9 Å². The summed E-state index contributed by atoms with van der Waals surface area (Å²) in [5.41, 5.74) is 0. The summed E-state index contributed by atoms with van der Waals surface area (Å²) in [6.07, 6.45) is 2.50. The first-order chi connectivity index (χ1) is 10.5. The first-order valence-corrected chi connectivity index (χ1v) is 8.44. The summed E-state index contributed by atoms with van der Waals surface area (Å²) in [7, 11) is 6.72. The minimum Gasteiger partial charge on any atom is -0.385 e. The molecule has 4 nitrogen and oxygen atoms in total. The SMILES string of the molecule is C.C.C.C.C.CCC.CCC.CCOC.CCOC.CCOC.CCOC. The van der Waals surface area contributed by atoms with E-state index in [0.717, 1.165) is 26.4 Å². The fourth-order valence-corrected chi connectivity index (χ4v) is 0. The minimum absolute atomic E-state index is 0. The third kappa shape index (κ3) is 996. The van der Waals surface area contributed by atoms with Gasteiger partial charge in [0.25, 0.3) is 0 Å². The van der Waals surface area contributed by atoms with Crippen molar-refractivity contribution in [2.24, 2.45) is 0 Å². The molecule has 0 aliphatic rings. The van der Waals surface area contributed by atoms with Crippen LogP contribution in [0.4, 0.5) is 0 Å². The van der Waals surface area contributed by atoms with E-state index in [1.54, 1.807) is 28.4 Å². The van der Waals surface area contributed by atoms with Crippen LogP contribution in [0.1, 0.15) is 105 Å². The van der Waals surface area contributed by atoms with Gasteiger partial charge < -0.3 is 18.9 Å². The van der Waals surface area contributed by atoms with Crippen molar-refractivity contribution in [2.45, 2.75) is 105 Å². The Morgan fingerprint density at radius 3 is 0.370 bits per heavy atom. The molecule has 0 aromatic rings. The average molecular weight is 409 g/mol. The molecule has 0 radical (unpaired) electrons. The fourth-order valence-electron chi connectivity index (χ4n) is 0. The molecule has 0 N–H and O–H groups in total. The van der Waals surface area contributed by atoms with Gasteiger partial charge in [-0.25, -0.2) is 0 Å². The second-order valence-corrected chi connectivity index (χ2v) is 3.72. The Labute approximate surface area is 179 Å². The number of ether oxygens (including phenoxy) is 4. The Balaban J connectivity index is -0.0000000122. The van der Waals surface area contributed by atoms with E-state index < -0.39 is 0 Å². The van der Waals surface area contributed by atoms with E-state index in [4.69, 9.17) is 0 Å². The smallest absolute Gasteiger partial charge is 0.0433 e. The van der Waals surface area contributed by atoms with E-state index in [-0.39, 0.29) is 37.1 Å². The van der Waals surface area contributed by atoms with Crippen LogP contribution in [0.2, 0.25) is 0 Å². The van der Waals surface area contributed by atoms with Crippen molar-refractivity contribution in [3.63, 3.8) is 0 Å². The summed E-state index contributed by atoms with van der Waals surface area (Å²) in [5.74, 6) is 0. The lowest BCUT2D eigenvalue weighted by atomic mass is 10.6. The summed E-state index contributed by atoms with van der Waals surface area (Å²) >= 11 is 0. The number of hydrogen-bond donors (Lipinski definition) is 0. The van der Waals surface area contributed by atoms with Crippen molar-refractivity contribution in [3.05, 3.63) is 0 Å². The van der Waals surface area contributed by atoms with Crippen molar-refractivity contribution in [3.8, 4) is 0 Å². The summed E-state index contributed by atoms with van der Waals surface area (Å²) in [6.45, 7) is 19.6. The first-order valence-electron chi connectivity index (χ1n) is 8.44. The molecule has 27 heavy (non-hydrogen) atoms. The maximum Gasteiger partial charge on any atom is 0.0433 e. The Morgan fingerprint density at radius 2 is 0.370 bits per heavy atom. The zero-order chi connectivity index (χ0) is 19.1. The van der Waals surface area contributed by atoms with E-state index >= 15 is 0 Å². The number of hydrogen-bond acceptors (Lipinski definition) is 4. The molecule has 0 aliphatic heterocycles. The molecule has 0 amide bonds. The van der Waals surface area contributed by atoms with E-state index in [1.807, 2.05) is 27.7 Å². The van der Waals surface area contributed by atoms with Crippen LogP contribution in [0.3, 0.4) is 0 Å². The van der Waals surface area contributed by atoms with Crippen LogP contribution in [-0.2, 0) is 18.9 Å². The van der Waals surface area contributed by atoms with Gasteiger partial charge in [0.05, 0.1) is 0 Å². The maximum absolute atomic E-state index is 4.54. The lowest BCUT2D eigenvalue weighted by molar-refractivity contribution is 0.215. The third-order valence-corrected chi connectivity index (χ3v) is 1.15. The summed E-state index contributed by atoms with van der Waals surface area (Å²) in [6, 6.07) is 0. The molecule has 0 saturated heterocycles. The second-order valence-electron chi connectivity index (χ2n) is 3.72. The van der Waals surface area contributed by atoms with Crippen LogP contribution < -0.4 is 0 Å². The predicted molar refractivity (Wildman–Crippen MR) is 136 cm³/mol. The molecule has 0 aromatic heterocycles. The fraction of sp³-hybridized carbons (Fsp3) is 1.00. The molecule has 0 atom stereocenters. The predicted octanol–water partition coefficient (Wildman–Crippen LogP) is 8.62. The molecule has 184 valence electrons. The monoisotopic (exact) mass is 409 g/mol. The largest absolute Gasteiger partial charge is 0.385 e. The van der Waals surface area contributed by atoms with E-state index in [0.29, 0.717) is 0 Å². The van der Waals surface area contributed by atoms with Crippen molar-refractivity contribution in [1.82, 2.24) is 0 Å². The van der Waals surface area contributed by atoms with Gasteiger partial charge in [-0.15, -0.1) is 0 Å². The van der Waals surface area contributed by atoms with Gasteiger partial charge in [-0.05, 0) is 27.7 Å². The molecule has 0 unspecified atom stereocenters. The van der Waals surface area contributed by atoms with Crippen LogP contribution in [0, 0.1) is 0 Å². The highest BCUT2D eigenvalue weighted by atomic mass is 16.5. The zero-order valence-corrected chi connectivity index (χ0v) is 17.9. The molecule has 0 heterocycles. The Kier molecular flexibility index (Phi) is 436. The molecular formula is C23H68O4. The lowest BCUT2D eigenvalue weighted by Gasteiger charge is -1.76. The second kappa shape index (κ2) is 165. The quantitative estimate of drug-likeness (QED) is 0.466. The van der Waals surface area contributed by atoms with Crippen molar-refractivity contribution < 1.29 is 18.9 Å². The Bertz CT molecular complexity index is 56.8. The molecule has 0 bridgehead atoms. The van der Waals surface area contributed by atoms with Gasteiger partial charge in [0.2, 0.25) is 0 Å². The zero-order valence-electron chi connectivity index (χ0n) is 17.9. The molecule has 0 spiro atoms. The van der Waals surface area contributed by atoms with Crippen LogP contribution in [0.25, 0.3) is 0 Å². The van der Waals surface area contributed by atoms with Gasteiger partial charge in [-0.1, -0.05) is 77.7 Å².